The first kappa shape index (κ1) is 12.3. The lowest BCUT2D eigenvalue weighted by molar-refractivity contribution is 0.316. The minimum absolute atomic E-state index is 0.0797. The summed E-state index contributed by atoms with van der Waals surface area (Å²) in [7, 11) is 0. The zero-order valence-electron chi connectivity index (χ0n) is 11.3. The van der Waals surface area contributed by atoms with Gasteiger partial charge in [0, 0.05) is 19.4 Å². The molecule has 0 fully saturated rings. The van der Waals surface area contributed by atoms with Crippen LogP contribution in [0.15, 0.2) is 10.9 Å². The van der Waals surface area contributed by atoms with E-state index < -0.39 is 0 Å². The van der Waals surface area contributed by atoms with E-state index in [-0.39, 0.29) is 6.04 Å². The maximum Gasteiger partial charge on any atom is 0.244 e. The first-order valence-corrected chi connectivity index (χ1v) is 6.79. The highest BCUT2D eigenvalue weighted by molar-refractivity contribution is 5.17. The van der Waals surface area contributed by atoms with Gasteiger partial charge in [-0.25, -0.2) is 4.98 Å². The minimum Gasteiger partial charge on any atom is -0.347 e. The van der Waals surface area contributed by atoms with Crippen molar-refractivity contribution >= 4 is 0 Å². The molecule has 0 amide bonds. The molecule has 0 radical (unpaired) electrons. The smallest absolute Gasteiger partial charge is 0.244 e. The summed E-state index contributed by atoms with van der Waals surface area (Å²) in [6, 6.07) is 0.0797. The van der Waals surface area contributed by atoms with E-state index in [1.54, 1.807) is 6.33 Å². The Hall–Kier alpha value is -1.69. The molecule has 0 bridgehead atoms. The summed E-state index contributed by atoms with van der Waals surface area (Å²) >= 11 is 0. The van der Waals surface area contributed by atoms with Crippen LogP contribution in [0.1, 0.15) is 49.4 Å². The Morgan fingerprint density at radius 2 is 2.37 bits per heavy atom. The predicted octanol–water partition coefficient (Wildman–Crippen LogP) is 1.77. The van der Waals surface area contributed by atoms with Gasteiger partial charge in [-0.05, 0) is 12.3 Å². The molecule has 19 heavy (non-hydrogen) atoms. The molecule has 1 unspecified atom stereocenters. The van der Waals surface area contributed by atoms with Gasteiger partial charge in [0.25, 0.3) is 0 Å². The van der Waals surface area contributed by atoms with Crippen LogP contribution >= 0.6 is 0 Å². The normalized spacial score (nSPS) is 18.8. The van der Waals surface area contributed by atoms with Crippen molar-refractivity contribution in [3.8, 4) is 0 Å². The molecule has 102 valence electrons. The van der Waals surface area contributed by atoms with E-state index in [0.717, 1.165) is 43.0 Å². The summed E-state index contributed by atoms with van der Waals surface area (Å²) < 4.78 is 5.37. The van der Waals surface area contributed by atoms with Gasteiger partial charge in [-0.3, -0.25) is 5.32 Å². The first-order valence-electron chi connectivity index (χ1n) is 6.79. The summed E-state index contributed by atoms with van der Waals surface area (Å²) in [5.41, 5.74) is 2.24. The van der Waals surface area contributed by atoms with E-state index in [0.29, 0.717) is 11.8 Å². The van der Waals surface area contributed by atoms with E-state index >= 15 is 0 Å². The topological polar surface area (TPSA) is 79.6 Å². The van der Waals surface area contributed by atoms with Crippen LogP contribution in [0.2, 0.25) is 0 Å². The van der Waals surface area contributed by atoms with Gasteiger partial charge >= 0.3 is 0 Å². The van der Waals surface area contributed by atoms with Crippen LogP contribution in [-0.2, 0) is 19.4 Å². The molecule has 0 saturated carbocycles. The van der Waals surface area contributed by atoms with E-state index in [1.807, 2.05) is 0 Å². The van der Waals surface area contributed by atoms with Crippen LogP contribution in [-0.4, -0.2) is 20.1 Å². The Morgan fingerprint density at radius 1 is 1.47 bits per heavy atom. The summed E-state index contributed by atoms with van der Waals surface area (Å²) in [6.07, 6.45) is 4.49. The third-order valence-electron chi connectivity index (χ3n) is 3.46. The van der Waals surface area contributed by atoms with Crippen LogP contribution in [0, 0.1) is 5.92 Å². The van der Waals surface area contributed by atoms with Crippen molar-refractivity contribution in [3.63, 3.8) is 0 Å². The molecule has 2 N–H and O–H groups in total. The molecule has 2 aromatic rings. The van der Waals surface area contributed by atoms with Crippen LogP contribution in [0.3, 0.4) is 0 Å². The van der Waals surface area contributed by atoms with Crippen molar-refractivity contribution in [1.29, 1.82) is 0 Å². The Labute approximate surface area is 112 Å². The van der Waals surface area contributed by atoms with Crippen molar-refractivity contribution in [2.45, 2.75) is 45.7 Å². The fraction of sp³-hybridized carbons (Fsp3) is 0.615. The summed E-state index contributed by atoms with van der Waals surface area (Å²) in [4.78, 5) is 11.9. The number of fused-ring (bicyclic) bond motifs is 1. The van der Waals surface area contributed by atoms with Crippen molar-refractivity contribution in [2.24, 2.45) is 5.92 Å². The average Bonchev–Trinajstić information content (AvgIpc) is 3.04. The Balaban J connectivity index is 1.67. The molecule has 1 aliphatic rings. The van der Waals surface area contributed by atoms with E-state index in [4.69, 9.17) is 4.52 Å². The molecule has 6 heteroatoms. The highest BCUT2D eigenvalue weighted by atomic mass is 16.5. The first-order chi connectivity index (χ1) is 9.22. The number of nitrogens with zero attached hydrogens (tertiary/aromatic N) is 3. The molecule has 1 atom stereocenters. The number of nitrogens with one attached hydrogen (secondary N) is 2. The minimum atomic E-state index is 0.0797. The van der Waals surface area contributed by atoms with Gasteiger partial charge < -0.3 is 9.51 Å². The van der Waals surface area contributed by atoms with Crippen molar-refractivity contribution in [1.82, 2.24) is 25.4 Å². The van der Waals surface area contributed by atoms with Gasteiger partial charge in [-0.2, -0.15) is 4.98 Å². The Bertz CT molecular complexity index is 545. The molecule has 6 nitrogen and oxygen atoms in total. The monoisotopic (exact) mass is 261 g/mol. The number of rotatable bonds is 4. The molecule has 0 spiro atoms. The molecule has 1 aliphatic heterocycles. The number of aromatic amines is 1. The van der Waals surface area contributed by atoms with Gasteiger partial charge in [-0.1, -0.05) is 19.0 Å². The van der Waals surface area contributed by atoms with E-state index in [9.17, 15) is 0 Å². The van der Waals surface area contributed by atoms with E-state index in [2.05, 4.69) is 39.3 Å². The highest BCUT2D eigenvalue weighted by Crippen LogP contribution is 2.22. The molecule has 0 saturated heterocycles. The molecule has 3 rings (SSSR count). The number of hydrogen-bond acceptors (Lipinski definition) is 5. The maximum atomic E-state index is 5.37. The molecule has 0 aliphatic carbocycles. The van der Waals surface area contributed by atoms with Crippen LogP contribution < -0.4 is 5.32 Å². The van der Waals surface area contributed by atoms with E-state index in [1.165, 1.54) is 0 Å². The fourth-order valence-corrected chi connectivity index (χ4v) is 2.27. The quantitative estimate of drug-likeness (QED) is 0.876. The third-order valence-corrected chi connectivity index (χ3v) is 3.46. The second-order valence-corrected chi connectivity index (χ2v) is 5.45. The highest BCUT2D eigenvalue weighted by Gasteiger charge is 2.25. The SMILES string of the molecule is CC(C)CCc1noc(C2Cc3nc[nH]c3CN2)n1. The van der Waals surface area contributed by atoms with Crippen LogP contribution in [0.5, 0.6) is 0 Å². The largest absolute Gasteiger partial charge is 0.347 e. The van der Waals surface area contributed by atoms with Crippen molar-refractivity contribution in [2.75, 3.05) is 0 Å². The number of aromatic nitrogens is 4. The second-order valence-electron chi connectivity index (χ2n) is 5.45. The number of hydrogen-bond donors (Lipinski definition) is 2. The molecular weight excluding hydrogens is 242 g/mol. The summed E-state index contributed by atoms with van der Waals surface area (Å²) in [6.45, 7) is 5.16. The number of imidazole rings is 1. The van der Waals surface area contributed by atoms with Gasteiger partial charge in [0.2, 0.25) is 5.89 Å². The maximum absolute atomic E-state index is 5.37. The Morgan fingerprint density at radius 3 is 3.21 bits per heavy atom. The zero-order valence-corrected chi connectivity index (χ0v) is 11.3. The lowest BCUT2D eigenvalue weighted by atomic mass is 10.1. The lowest BCUT2D eigenvalue weighted by Gasteiger charge is -2.19. The van der Waals surface area contributed by atoms with Crippen LogP contribution in [0.4, 0.5) is 0 Å². The summed E-state index contributed by atoms with van der Waals surface area (Å²) in [5, 5.41) is 7.44. The van der Waals surface area contributed by atoms with Gasteiger partial charge in [-0.15, -0.1) is 0 Å². The zero-order chi connectivity index (χ0) is 13.2. The standard InChI is InChI=1S/C13H19N5O/c1-8(2)3-4-12-17-13(19-18-12)10-5-9-11(6-14-10)16-7-15-9/h7-8,10,14H,3-6H2,1-2H3,(H,15,16). The van der Waals surface area contributed by atoms with Crippen LogP contribution in [0.25, 0.3) is 0 Å². The average molecular weight is 261 g/mol. The predicted molar refractivity (Wildman–Crippen MR) is 69.3 cm³/mol. The van der Waals surface area contributed by atoms with Crippen molar-refractivity contribution in [3.05, 3.63) is 29.4 Å². The second kappa shape index (κ2) is 5.13. The van der Waals surface area contributed by atoms with Gasteiger partial charge in [0.05, 0.1) is 23.8 Å². The molecule has 2 aromatic heterocycles. The Kier molecular flexibility index (Phi) is 3.33. The van der Waals surface area contributed by atoms with Gasteiger partial charge in [0.15, 0.2) is 5.82 Å². The third kappa shape index (κ3) is 2.68. The summed E-state index contributed by atoms with van der Waals surface area (Å²) in [5.74, 6) is 2.13. The number of H-pyrrole nitrogens is 1. The number of aryl methyl sites for hydroxylation is 1. The molecular formula is C13H19N5O. The van der Waals surface area contributed by atoms with Crippen molar-refractivity contribution < 1.29 is 4.52 Å². The fourth-order valence-electron chi connectivity index (χ4n) is 2.27. The van der Waals surface area contributed by atoms with Gasteiger partial charge in [0.1, 0.15) is 0 Å². The lowest BCUT2D eigenvalue weighted by Crippen LogP contribution is -2.28. The molecule has 0 aromatic carbocycles. The molecule has 3 heterocycles.